The van der Waals surface area contributed by atoms with Gasteiger partial charge in [-0.2, -0.15) is 0 Å². The molecule has 0 spiro atoms. The van der Waals surface area contributed by atoms with E-state index in [2.05, 4.69) is 15.6 Å². The monoisotopic (exact) mass is 320 g/mol. The maximum atomic E-state index is 12.4. The number of amides is 3. The standard InChI is InChI=1S/C17H28N4O2/c1-6-12(3)19-16(22)13(4)20-17(23)21(5)15(7-2)14-8-10-18-11-9-14/h8-13,15H,6-7H2,1-5H3,(H,19,22)(H,20,23). The Labute approximate surface area is 138 Å². The van der Waals surface area contributed by atoms with Crippen LogP contribution in [0.1, 0.15) is 52.1 Å². The van der Waals surface area contributed by atoms with Gasteiger partial charge in [-0.25, -0.2) is 4.79 Å². The van der Waals surface area contributed by atoms with Gasteiger partial charge in [0.15, 0.2) is 0 Å². The van der Waals surface area contributed by atoms with Gasteiger partial charge in [-0.3, -0.25) is 9.78 Å². The van der Waals surface area contributed by atoms with Crippen LogP contribution in [0.5, 0.6) is 0 Å². The van der Waals surface area contributed by atoms with Crippen molar-refractivity contribution in [2.24, 2.45) is 0 Å². The smallest absolute Gasteiger partial charge is 0.318 e. The van der Waals surface area contributed by atoms with E-state index in [1.165, 1.54) is 0 Å². The molecule has 6 nitrogen and oxygen atoms in total. The Morgan fingerprint density at radius 2 is 1.74 bits per heavy atom. The first kappa shape index (κ1) is 18.9. The predicted molar refractivity (Wildman–Crippen MR) is 90.9 cm³/mol. The molecule has 2 N–H and O–H groups in total. The van der Waals surface area contributed by atoms with Crippen LogP contribution in [0.4, 0.5) is 4.79 Å². The highest BCUT2D eigenvalue weighted by Crippen LogP contribution is 2.22. The average Bonchev–Trinajstić information content (AvgIpc) is 2.55. The summed E-state index contributed by atoms with van der Waals surface area (Å²) in [4.78, 5) is 30.1. The molecule has 0 saturated carbocycles. The first-order chi connectivity index (χ1) is 10.9. The highest BCUT2D eigenvalue weighted by Gasteiger charge is 2.23. The lowest BCUT2D eigenvalue weighted by molar-refractivity contribution is -0.123. The van der Waals surface area contributed by atoms with E-state index in [0.29, 0.717) is 0 Å². The lowest BCUT2D eigenvalue weighted by atomic mass is 10.1. The fourth-order valence-electron chi connectivity index (χ4n) is 2.28. The molecule has 0 aromatic carbocycles. The van der Waals surface area contributed by atoms with Crippen molar-refractivity contribution in [2.45, 2.75) is 58.7 Å². The molecule has 0 bridgehead atoms. The van der Waals surface area contributed by atoms with E-state index < -0.39 is 6.04 Å². The van der Waals surface area contributed by atoms with Gasteiger partial charge in [0, 0.05) is 25.5 Å². The van der Waals surface area contributed by atoms with Crippen molar-refractivity contribution in [1.29, 1.82) is 0 Å². The third-order valence-electron chi connectivity index (χ3n) is 4.00. The van der Waals surface area contributed by atoms with Gasteiger partial charge in [-0.15, -0.1) is 0 Å². The quantitative estimate of drug-likeness (QED) is 0.810. The Morgan fingerprint density at radius 1 is 1.13 bits per heavy atom. The summed E-state index contributed by atoms with van der Waals surface area (Å²) in [6.45, 7) is 7.66. The largest absolute Gasteiger partial charge is 0.352 e. The molecule has 1 heterocycles. The maximum absolute atomic E-state index is 12.4. The van der Waals surface area contributed by atoms with Crippen molar-refractivity contribution in [3.8, 4) is 0 Å². The molecular formula is C17H28N4O2. The van der Waals surface area contributed by atoms with E-state index in [0.717, 1.165) is 18.4 Å². The van der Waals surface area contributed by atoms with Crippen molar-refractivity contribution in [2.75, 3.05) is 7.05 Å². The average molecular weight is 320 g/mol. The van der Waals surface area contributed by atoms with E-state index in [1.807, 2.05) is 32.9 Å². The molecule has 0 aliphatic rings. The number of aromatic nitrogens is 1. The summed E-state index contributed by atoms with van der Waals surface area (Å²) < 4.78 is 0. The summed E-state index contributed by atoms with van der Waals surface area (Å²) in [6, 6.07) is 3.01. The molecule has 1 aromatic rings. The van der Waals surface area contributed by atoms with Crippen molar-refractivity contribution in [3.05, 3.63) is 30.1 Å². The minimum absolute atomic E-state index is 0.0529. The van der Waals surface area contributed by atoms with Gasteiger partial charge in [0.1, 0.15) is 6.04 Å². The van der Waals surface area contributed by atoms with Crippen LogP contribution in [-0.2, 0) is 4.79 Å². The number of pyridine rings is 1. The highest BCUT2D eigenvalue weighted by molar-refractivity contribution is 5.86. The molecule has 3 unspecified atom stereocenters. The molecule has 3 amide bonds. The van der Waals surface area contributed by atoms with E-state index in [-0.39, 0.29) is 24.0 Å². The number of carbonyl (C=O) groups is 2. The molecule has 1 rings (SSSR count). The fraction of sp³-hybridized carbons (Fsp3) is 0.588. The topological polar surface area (TPSA) is 74.3 Å². The second-order valence-electron chi connectivity index (χ2n) is 5.80. The number of hydrogen-bond donors (Lipinski definition) is 2. The van der Waals surface area contributed by atoms with E-state index in [9.17, 15) is 9.59 Å². The SMILES string of the molecule is CCC(C)NC(=O)C(C)NC(=O)N(C)C(CC)c1ccncc1. The molecule has 0 saturated heterocycles. The zero-order valence-corrected chi connectivity index (χ0v) is 14.7. The van der Waals surface area contributed by atoms with E-state index in [4.69, 9.17) is 0 Å². The van der Waals surface area contributed by atoms with Crippen molar-refractivity contribution < 1.29 is 9.59 Å². The lowest BCUT2D eigenvalue weighted by Crippen LogP contribution is -2.51. The minimum Gasteiger partial charge on any atom is -0.352 e. The number of nitrogens with one attached hydrogen (secondary N) is 2. The second-order valence-corrected chi connectivity index (χ2v) is 5.80. The van der Waals surface area contributed by atoms with Crippen LogP contribution in [0.25, 0.3) is 0 Å². The third kappa shape index (κ3) is 5.54. The summed E-state index contributed by atoms with van der Waals surface area (Å²) in [6.07, 6.45) is 5.06. The summed E-state index contributed by atoms with van der Waals surface area (Å²) in [5.74, 6) is -0.168. The van der Waals surface area contributed by atoms with E-state index >= 15 is 0 Å². The molecule has 0 aliphatic heterocycles. The normalized spacial score (nSPS) is 14.5. The van der Waals surface area contributed by atoms with Gasteiger partial charge < -0.3 is 15.5 Å². The van der Waals surface area contributed by atoms with Crippen molar-refractivity contribution >= 4 is 11.9 Å². The molecule has 3 atom stereocenters. The van der Waals surface area contributed by atoms with Crippen LogP contribution in [0.2, 0.25) is 0 Å². The minimum atomic E-state index is -0.575. The first-order valence-corrected chi connectivity index (χ1v) is 8.14. The number of nitrogens with zero attached hydrogens (tertiary/aromatic N) is 2. The molecule has 0 radical (unpaired) electrons. The second kappa shape index (κ2) is 9.12. The van der Waals surface area contributed by atoms with Crippen LogP contribution in [0, 0.1) is 0 Å². The Bertz CT molecular complexity index is 507. The molecule has 0 aliphatic carbocycles. The number of hydrogen-bond acceptors (Lipinski definition) is 3. The van der Waals surface area contributed by atoms with Crippen LogP contribution in [0.15, 0.2) is 24.5 Å². The third-order valence-corrected chi connectivity index (χ3v) is 4.00. The summed E-state index contributed by atoms with van der Waals surface area (Å²) >= 11 is 0. The Kier molecular flexibility index (Phi) is 7.51. The zero-order valence-electron chi connectivity index (χ0n) is 14.7. The van der Waals surface area contributed by atoms with Crippen LogP contribution in [0.3, 0.4) is 0 Å². The van der Waals surface area contributed by atoms with Gasteiger partial charge in [0.2, 0.25) is 5.91 Å². The lowest BCUT2D eigenvalue weighted by Gasteiger charge is -2.29. The molecular weight excluding hydrogens is 292 g/mol. The summed E-state index contributed by atoms with van der Waals surface area (Å²) in [5.41, 5.74) is 1.02. The number of rotatable bonds is 7. The fourth-order valence-corrected chi connectivity index (χ4v) is 2.28. The van der Waals surface area contributed by atoms with Gasteiger partial charge in [-0.1, -0.05) is 13.8 Å². The van der Waals surface area contributed by atoms with Crippen LogP contribution >= 0.6 is 0 Å². The number of urea groups is 1. The molecule has 23 heavy (non-hydrogen) atoms. The van der Waals surface area contributed by atoms with Gasteiger partial charge in [0.05, 0.1) is 6.04 Å². The van der Waals surface area contributed by atoms with Gasteiger partial charge in [0.25, 0.3) is 0 Å². The van der Waals surface area contributed by atoms with E-state index in [1.54, 1.807) is 31.3 Å². The Balaban J connectivity index is 2.66. The molecule has 0 fully saturated rings. The molecule has 1 aromatic heterocycles. The maximum Gasteiger partial charge on any atom is 0.318 e. The molecule has 6 heteroatoms. The zero-order chi connectivity index (χ0) is 17.4. The van der Waals surface area contributed by atoms with Crippen molar-refractivity contribution in [1.82, 2.24) is 20.5 Å². The summed E-state index contributed by atoms with van der Waals surface area (Å²) in [7, 11) is 1.74. The molecule has 128 valence electrons. The Hall–Kier alpha value is -2.11. The van der Waals surface area contributed by atoms with Crippen LogP contribution < -0.4 is 10.6 Å². The van der Waals surface area contributed by atoms with Crippen LogP contribution in [-0.4, -0.2) is 41.0 Å². The number of carbonyl (C=O) groups excluding carboxylic acids is 2. The summed E-state index contributed by atoms with van der Waals surface area (Å²) in [5, 5.41) is 5.62. The van der Waals surface area contributed by atoms with Gasteiger partial charge in [-0.05, 0) is 44.4 Å². The van der Waals surface area contributed by atoms with Gasteiger partial charge >= 0.3 is 6.03 Å². The first-order valence-electron chi connectivity index (χ1n) is 8.14. The Morgan fingerprint density at radius 3 is 2.26 bits per heavy atom. The highest BCUT2D eigenvalue weighted by atomic mass is 16.2. The van der Waals surface area contributed by atoms with Crippen molar-refractivity contribution in [3.63, 3.8) is 0 Å². The predicted octanol–water partition coefficient (Wildman–Crippen LogP) is 2.48.